The summed E-state index contributed by atoms with van der Waals surface area (Å²) in [6, 6.07) is 22.7. The number of carbonyl (C=O) groups excluding carboxylic acids is 1. The van der Waals surface area contributed by atoms with E-state index in [0.29, 0.717) is 12.2 Å². The molecule has 0 aliphatic carbocycles. The molecular formula is C24H25N3O. The first-order valence-electron chi connectivity index (χ1n) is 9.89. The fourth-order valence-electron chi connectivity index (χ4n) is 3.65. The monoisotopic (exact) mass is 371 g/mol. The van der Waals surface area contributed by atoms with Gasteiger partial charge in [-0.15, -0.1) is 0 Å². The Bertz CT molecular complexity index is 922. The lowest BCUT2D eigenvalue weighted by atomic mass is 10.00. The van der Waals surface area contributed by atoms with Gasteiger partial charge in [-0.2, -0.15) is 0 Å². The normalized spacial score (nSPS) is 13.1. The zero-order valence-electron chi connectivity index (χ0n) is 16.0. The summed E-state index contributed by atoms with van der Waals surface area (Å²) in [7, 11) is 0. The number of carbonyl (C=O) groups is 1. The predicted molar refractivity (Wildman–Crippen MR) is 113 cm³/mol. The number of anilines is 1. The van der Waals surface area contributed by atoms with Gasteiger partial charge in [-0.05, 0) is 48.1 Å². The topological polar surface area (TPSA) is 45.2 Å². The van der Waals surface area contributed by atoms with Crippen molar-refractivity contribution in [2.24, 2.45) is 0 Å². The van der Waals surface area contributed by atoms with Gasteiger partial charge in [-0.3, -0.25) is 4.79 Å². The van der Waals surface area contributed by atoms with Crippen molar-refractivity contribution >= 4 is 11.6 Å². The average Bonchev–Trinajstić information content (AvgIpc) is 2.77. The minimum absolute atomic E-state index is 0.108. The largest absolute Gasteiger partial charge is 0.366 e. The van der Waals surface area contributed by atoms with Crippen LogP contribution in [0.15, 0.2) is 72.9 Å². The molecule has 28 heavy (non-hydrogen) atoms. The second-order valence-electron chi connectivity index (χ2n) is 7.19. The number of rotatable bonds is 6. The number of hydrogen-bond donors (Lipinski definition) is 1. The molecule has 1 aliphatic rings. The van der Waals surface area contributed by atoms with Gasteiger partial charge < -0.3 is 10.2 Å². The summed E-state index contributed by atoms with van der Waals surface area (Å²) in [5.41, 5.74) is 5.63. The second kappa shape index (κ2) is 8.70. The molecule has 0 bridgehead atoms. The summed E-state index contributed by atoms with van der Waals surface area (Å²) in [6.45, 7) is 2.52. The van der Waals surface area contributed by atoms with E-state index in [-0.39, 0.29) is 5.91 Å². The van der Waals surface area contributed by atoms with E-state index in [2.05, 4.69) is 51.6 Å². The molecule has 0 saturated carbocycles. The lowest BCUT2D eigenvalue weighted by Crippen LogP contribution is -2.30. The highest BCUT2D eigenvalue weighted by molar-refractivity contribution is 5.92. The molecule has 1 aliphatic heterocycles. The standard InChI is InChI=1S/C24H25N3O/c28-24(25-15-6-9-19-7-2-1-3-8-19)23-13-12-22(17-26-23)27-16-14-20-10-4-5-11-21(20)18-27/h1-5,7-8,10-13,17H,6,9,14-16,18H2,(H,25,28). The molecule has 3 aromatic rings. The van der Waals surface area contributed by atoms with Crippen LogP contribution >= 0.6 is 0 Å². The van der Waals surface area contributed by atoms with Crippen molar-refractivity contribution in [1.82, 2.24) is 10.3 Å². The molecule has 1 aromatic heterocycles. The maximum absolute atomic E-state index is 12.3. The molecule has 2 aromatic carbocycles. The van der Waals surface area contributed by atoms with Crippen molar-refractivity contribution in [3.05, 3.63) is 95.3 Å². The minimum Gasteiger partial charge on any atom is -0.366 e. The van der Waals surface area contributed by atoms with Crippen LogP contribution in [0.2, 0.25) is 0 Å². The van der Waals surface area contributed by atoms with Crippen LogP contribution in [0.25, 0.3) is 0 Å². The van der Waals surface area contributed by atoms with E-state index in [4.69, 9.17) is 0 Å². The Morgan fingerprint density at radius 2 is 1.75 bits per heavy atom. The van der Waals surface area contributed by atoms with Gasteiger partial charge in [0.2, 0.25) is 0 Å². The number of amides is 1. The van der Waals surface area contributed by atoms with E-state index in [9.17, 15) is 4.79 Å². The molecule has 4 nitrogen and oxygen atoms in total. The highest BCUT2D eigenvalue weighted by Crippen LogP contribution is 2.23. The van der Waals surface area contributed by atoms with Gasteiger partial charge in [0, 0.05) is 19.6 Å². The van der Waals surface area contributed by atoms with Crippen LogP contribution in [0.3, 0.4) is 0 Å². The minimum atomic E-state index is -0.108. The Kier molecular flexibility index (Phi) is 5.66. The van der Waals surface area contributed by atoms with Crippen molar-refractivity contribution in [3.63, 3.8) is 0 Å². The summed E-state index contributed by atoms with van der Waals surface area (Å²) in [5, 5.41) is 2.97. The molecule has 1 N–H and O–H groups in total. The Morgan fingerprint density at radius 3 is 2.54 bits per heavy atom. The van der Waals surface area contributed by atoms with Gasteiger partial charge >= 0.3 is 0 Å². The maximum Gasteiger partial charge on any atom is 0.269 e. The number of aryl methyl sites for hydroxylation is 1. The van der Waals surface area contributed by atoms with Gasteiger partial charge in [0.25, 0.3) is 5.91 Å². The molecule has 0 saturated heterocycles. The van der Waals surface area contributed by atoms with E-state index in [1.165, 1.54) is 16.7 Å². The van der Waals surface area contributed by atoms with E-state index < -0.39 is 0 Å². The third kappa shape index (κ3) is 4.39. The number of benzene rings is 2. The zero-order valence-corrected chi connectivity index (χ0v) is 16.0. The van der Waals surface area contributed by atoms with Crippen LogP contribution in [-0.4, -0.2) is 24.0 Å². The smallest absolute Gasteiger partial charge is 0.269 e. The van der Waals surface area contributed by atoms with Gasteiger partial charge in [0.15, 0.2) is 0 Å². The Labute approximate surface area is 166 Å². The van der Waals surface area contributed by atoms with Gasteiger partial charge in [0.1, 0.15) is 5.69 Å². The molecule has 4 heteroatoms. The SMILES string of the molecule is O=C(NCCCc1ccccc1)c1ccc(N2CCc3ccccc3C2)cn1. The first kappa shape index (κ1) is 18.2. The zero-order chi connectivity index (χ0) is 19.2. The first-order valence-corrected chi connectivity index (χ1v) is 9.89. The van der Waals surface area contributed by atoms with E-state index >= 15 is 0 Å². The second-order valence-corrected chi connectivity index (χ2v) is 7.19. The summed E-state index contributed by atoms with van der Waals surface area (Å²) in [5.74, 6) is -0.108. The van der Waals surface area contributed by atoms with E-state index in [0.717, 1.165) is 38.0 Å². The van der Waals surface area contributed by atoms with Gasteiger partial charge in [0.05, 0.1) is 11.9 Å². The Balaban J connectivity index is 1.29. The summed E-state index contributed by atoms with van der Waals surface area (Å²) in [4.78, 5) is 19.0. The number of hydrogen-bond acceptors (Lipinski definition) is 3. The van der Waals surface area contributed by atoms with Crippen LogP contribution in [0.5, 0.6) is 0 Å². The highest BCUT2D eigenvalue weighted by Gasteiger charge is 2.16. The average molecular weight is 371 g/mol. The molecule has 0 unspecified atom stereocenters. The number of nitrogens with one attached hydrogen (secondary N) is 1. The molecule has 0 spiro atoms. The van der Waals surface area contributed by atoms with Gasteiger partial charge in [-0.25, -0.2) is 4.98 Å². The molecule has 142 valence electrons. The first-order chi connectivity index (χ1) is 13.8. The molecule has 4 rings (SSSR count). The Hall–Kier alpha value is -3.14. The molecule has 0 fully saturated rings. The maximum atomic E-state index is 12.3. The van der Waals surface area contributed by atoms with E-state index in [1.807, 2.05) is 36.5 Å². The van der Waals surface area contributed by atoms with Crippen molar-refractivity contribution in [3.8, 4) is 0 Å². The molecule has 0 radical (unpaired) electrons. The molecular weight excluding hydrogens is 346 g/mol. The highest BCUT2D eigenvalue weighted by atomic mass is 16.1. The van der Waals surface area contributed by atoms with E-state index in [1.54, 1.807) is 0 Å². The van der Waals surface area contributed by atoms with Crippen LogP contribution < -0.4 is 10.2 Å². The summed E-state index contributed by atoms with van der Waals surface area (Å²) in [6.07, 6.45) is 4.73. The van der Waals surface area contributed by atoms with Crippen LogP contribution in [-0.2, 0) is 19.4 Å². The quantitative estimate of drug-likeness (QED) is 0.666. The van der Waals surface area contributed by atoms with Gasteiger partial charge in [-0.1, -0.05) is 54.6 Å². The molecule has 0 atom stereocenters. The number of nitrogens with zero attached hydrogens (tertiary/aromatic N) is 2. The third-order valence-corrected chi connectivity index (χ3v) is 5.25. The summed E-state index contributed by atoms with van der Waals surface area (Å²) >= 11 is 0. The fourth-order valence-corrected chi connectivity index (χ4v) is 3.65. The number of aromatic nitrogens is 1. The number of fused-ring (bicyclic) bond motifs is 1. The predicted octanol–water partition coefficient (Wildman–Crippen LogP) is 4.01. The molecule has 2 heterocycles. The van der Waals surface area contributed by atoms with Crippen molar-refractivity contribution in [1.29, 1.82) is 0 Å². The lowest BCUT2D eigenvalue weighted by Gasteiger charge is -2.30. The fraction of sp³-hybridized carbons (Fsp3) is 0.250. The van der Waals surface area contributed by atoms with Crippen LogP contribution in [0.1, 0.15) is 33.6 Å². The summed E-state index contributed by atoms with van der Waals surface area (Å²) < 4.78 is 0. The third-order valence-electron chi connectivity index (χ3n) is 5.25. The van der Waals surface area contributed by atoms with Crippen molar-refractivity contribution in [2.45, 2.75) is 25.8 Å². The van der Waals surface area contributed by atoms with Crippen molar-refractivity contribution in [2.75, 3.05) is 18.0 Å². The number of pyridine rings is 1. The van der Waals surface area contributed by atoms with Crippen LogP contribution in [0, 0.1) is 0 Å². The molecule has 1 amide bonds. The lowest BCUT2D eigenvalue weighted by molar-refractivity contribution is 0.0948. The Morgan fingerprint density at radius 1 is 0.964 bits per heavy atom. The van der Waals surface area contributed by atoms with Crippen LogP contribution in [0.4, 0.5) is 5.69 Å². The van der Waals surface area contributed by atoms with Crippen molar-refractivity contribution < 1.29 is 4.79 Å².